The maximum atomic E-state index is 12.6. The Morgan fingerprint density at radius 3 is 2.74 bits per heavy atom. The van der Waals surface area contributed by atoms with Crippen LogP contribution < -0.4 is 4.90 Å². The third-order valence-electron chi connectivity index (χ3n) is 3.87. The van der Waals surface area contributed by atoms with Crippen LogP contribution in [0.2, 0.25) is 0 Å². The average molecular weight is 275 g/mol. The smallest absolute Gasteiger partial charge is 0.258 e. The van der Waals surface area contributed by atoms with Gasteiger partial charge in [0.25, 0.3) is 5.91 Å². The Morgan fingerprint density at radius 2 is 2.05 bits per heavy atom. The summed E-state index contributed by atoms with van der Waals surface area (Å²) in [5.74, 6) is 0.109. The number of thioether (sulfide) groups is 1. The van der Waals surface area contributed by atoms with Crippen LogP contribution in [0.4, 0.5) is 5.69 Å². The quantitative estimate of drug-likeness (QED) is 0.721. The number of nitrogens with zero attached hydrogens (tertiary/aromatic N) is 3. The molecule has 0 fully saturated rings. The Kier molecular flexibility index (Phi) is 2.82. The van der Waals surface area contributed by atoms with Crippen molar-refractivity contribution in [3.63, 3.8) is 0 Å². The third kappa shape index (κ3) is 1.75. The molecule has 5 heteroatoms. The van der Waals surface area contributed by atoms with Gasteiger partial charge >= 0.3 is 0 Å². The van der Waals surface area contributed by atoms with Crippen LogP contribution in [0.1, 0.15) is 5.56 Å². The van der Waals surface area contributed by atoms with Crippen molar-refractivity contribution in [2.24, 2.45) is 4.99 Å². The predicted molar refractivity (Wildman–Crippen MR) is 79.9 cm³/mol. The number of hydrogen-bond acceptors (Lipinski definition) is 4. The summed E-state index contributed by atoms with van der Waals surface area (Å²) >= 11 is 1.53. The van der Waals surface area contributed by atoms with Gasteiger partial charge < -0.3 is 4.90 Å². The first kappa shape index (κ1) is 12.5. The molecule has 100 valence electrons. The second-order valence-electron chi connectivity index (χ2n) is 5.16. The molecule has 0 N–H and O–H groups in total. The van der Waals surface area contributed by atoms with Gasteiger partial charge in [0.05, 0.1) is 6.54 Å². The van der Waals surface area contributed by atoms with Crippen LogP contribution in [0.3, 0.4) is 0 Å². The number of aliphatic imine (C=N–C) groups is 1. The fourth-order valence-corrected chi connectivity index (χ4v) is 3.61. The average Bonchev–Trinajstić information content (AvgIpc) is 2.64. The molecule has 1 amide bonds. The van der Waals surface area contributed by atoms with Crippen LogP contribution in [0.5, 0.6) is 0 Å². The largest absolute Gasteiger partial charge is 0.371 e. The van der Waals surface area contributed by atoms with Crippen molar-refractivity contribution in [1.82, 2.24) is 4.90 Å². The van der Waals surface area contributed by atoms with Crippen molar-refractivity contribution in [3.05, 3.63) is 29.8 Å². The lowest BCUT2D eigenvalue weighted by Crippen LogP contribution is -2.52. The molecule has 1 unspecified atom stereocenters. The summed E-state index contributed by atoms with van der Waals surface area (Å²) in [5, 5.41) is 0.817. The van der Waals surface area contributed by atoms with E-state index in [1.165, 1.54) is 23.0 Å². The van der Waals surface area contributed by atoms with E-state index >= 15 is 0 Å². The lowest BCUT2D eigenvalue weighted by atomic mass is 9.85. The number of carbonyl (C=O) groups excluding carboxylic acids is 1. The standard InChI is InChI=1S/C14H17N3OS/c1-16-9-14(8-10-6-4-5-7-11(10)16)12(18)17(2)13(15-14)19-3/h4-7H,8-9H2,1-3H3. The molecule has 3 rings (SSSR count). The molecule has 0 radical (unpaired) electrons. The number of amidine groups is 1. The SMILES string of the molecule is CSC1=NC2(Cc3ccccc3N(C)C2)C(=O)N1C. The summed E-state index contributed by atoms with van der Waals surface area (Å²) in [5.41, 5.74) is 1.77. The van der Waals surface area contributed by atoms with E-state index in [2.05, 4.69) is 17.0 Å². The minimum atomic E-state index is -0.629. The Hall–Kier alpha value is -1.49. The van der Waals surface area contributed by atoms with Gasteiger partial charge in [-0.05, 0) is 17.9 Å². The summed E-state index contributed by atoms with van der Waals surface area (Å²) in [6.07, 6.45) is 2.66. The van der Waals surface area contributed by atoms with Gasteiger partial charge in [0.1, 0.15) is 0 Å². The van der Waals surface area contributed by atoms with Gasteiger partial charge in [-0.2, -0.15) is 0 Å². The molecule has 0 aromatic heterocycles. The minimum Gasteiger partial charge on any atom is -0.371 e. The first-order valence-corrected chi connectivity index (χ1v) is 7.51. The van der Waals surface area contributed by atoms with Crippen LogP contribution in [0, 0.1) is 0 Å². The number of fused-ring (bicyclic) bond motifs is 1. The molecular formula is C14H17N3OS. The van der Waals surface area contributed by atoms with E-state index in [0.717, 1.165) is 5.17 Å². The Bertz CT molecular complexity index is 572. The van der Waals surface area contributed by atoms with Crippen molar-refractivity contribution in [2.45, 2.75) is 12.0 Å². The fourth-order valence-electron chi connectivity index (χ4n) is 2.99. The monoisotopic (exact) mass is 275 g/mol. The summed E-state index contributed by atoms with van der Waals surface area (Å²) in [6.45, 7) is 0.650. The zero-order chi connectivity index (χ0) is 13.6. The number of para-hydroxylation sites is 1. The fraction of sp³-hybridized carbons (Fsp3) is 0.429. The van der Waals surface area contributed by atoms with E-state index in [1.807, 2.05) is 32.5 Å². The van der Waals surface area contributed by atoms with Gasteiger partial charge in [0, 0.05) is 26.2 Å². The van der Waals surface area contributed by atoms with E-state index < -0.39 is 5.54 Å². The van der Waals surface area contributed by atoms with Gasteiger partial charge in [-0.15, -0.1) is 0 Å². The van der Waals surface area contributed by atoms with Gasteiger partial charge in [0.15, 0.2) is 10.7 Å². The lowest BCUT2D eigenvalue weighted by Gasteiger charge is -2.37. The maximum Gasteiger partial charge on any atom is 0.258 e. The van der Waals surface area contributed by atoms with Crippen LogP contribution in [0.15, 0.2) is 29.3 Å². The molecular weight excluding hydrogens is 258 g/mol. The Morgan fingerprint density at radius 1 is 1.32 bits per heavy atom. The van der Waals surface area contributed by atoms with Crippen molar-refractivity contribution in [1.29, 1.82) is 0 Å². The highest BCUT2D eigenvalue weighted by Gasteiger charge is 2.49. The van der Waals surface area contributed by atoms with Gasteiger partial charge in [-0.1, -0.05) is 30.0 Å². The van der Waals surface area contributed by atoms with Crippen molar-refractivity contribution >= 4 is 28.5 Å². The normalized spacial score (nSPS) is 25.8. The molecule has 19 heavy (non-hydrogen) atoms. The molecule has 1 aromatic rings. The summed E-state index contributed by atoms with van der Waals surface area (Å²) in [7, 11) is 3.84. The van der Waals surface area contributed by atoms with Gasteiger partial charge in [-0.3, -0.25) is 9.69 Å². The zero-order valence-electron chi connectivity index (χ0n) is 11.4. The number of anilines is 1. The highest BCUT2D eigenvalue weighted by atomic mass is 32.2. The highest BCUT2D eigenvalue weighted by molar-refractivity contribution is 8.13. The Balaban J connectivity index is 2.05. The number of hydrogen-bond donors (Lipinski definition) is 0. The van der Waals surface area contributed by atoms with Crippen LogP contribution in [-0.2, 0) is 11.2 Å². The number of carbonyl (C=O) groups is 1. The van der Waals surface area contributed by atoms with Crippen molar-refractivity contribution in [3.8, 4) is 0 Å². The molecule has 2 aliphatic heterocycles. The van der Waals surface area contributed by atoms with E-state index in [-0.39, 0.29) is 5.91 Å². The first-order valence-electron chi connectivity index (χ1n) is 6.28. The predicted octanol–water partition coefficient (Wildman–Crippen LogP) is 1.61. The van der Waals surface area contributed by atoms with Crippen LogP contribution >= 0.6 is 11.8 Å². The van der Waals surface area contributed by atoms with Crippen LogP contribution in [-0.4, -0.2) is 48.4 Å². The molecule has 0 bridgehead atoms. The second kappa shape index (κ2) is 4.27. The third-order valence-corrected chi connectivity index (χ3v) is 4.60. The molecule has 0 saturated carbocycles. The van der Waals surface area contributed by atoms with E-state index in [1.54, 1.807) is 4.90 Å². The topological polar surface area (TPSA) is 35.9 Å². The summed E-state index contributed by atoms with van der Waals surface area (Å²) in [4.78, 5) is 21.1. The molecule has 0 saturated heterocycles. The molecule has 4 nitrogen and oxygen atoms in total. The number of amides is 1. The molecule has 2 aliphatic rings. The molecule has 1 spiro atoms. The van der Waals surface area contributed by atoms with Crippen molar-refractivity contribution < 1.29 is 4.79 Å². The first-order chi connectivity index (χ1) is 9.07. The van der Waals surface area contributed by atoms with Crippen LogP contribution in [0.25, 0.3) is 0 Å². The summed E-state index contributed by atoms with van der Waals surface area (Å²) in [6, 6.07) is 8.25. The summed E-state index contributed by atoms with van der Waals surface area (Å²) < 4.78 is 0. The Labute approximate surface area is 117 Å². The minimum absolute atomic E-state index is 0.109. The van der Waals surface area contributed by atoms with E-state index in [9.17, 15) is 4.79 Å². The molecule has 2 heterocycles. The highest BCUT2D eigenvalue weighted by Crippen LogP contribution is 2.37. The molecule has 0 aliphatic carbocycles. The molecule has 1 aromatic carbocycles. The van der Waals surface area contributed by atoms with E-state index in [0.29, 0.717) is 13.0 Å². The number of likely N-dealkylation sites (N-methyl/N-ethyl adjacent to an activating group) is 2. The second-order valence-corrected chi connectivity index (χ2v) is 5.93. The number of benzene rings is 1. The number of rotatable bonds is 0. The van der Waals surface area contributed by atoms with E-state index in [4.69, 9.17) is 4.99 Å². The van der Waals surface area contributed by atoms with Crippen molar-refractivity contribution in [2.75, 3.05) is 31.8 Å². The van der Waals surface area contributed by atoms with Gasteiger partial charge in [-0.25, -0.2) is 4.99 Å². The molecule has 1 atom stereocenters. The van der Waals surface area contributed by atoms with Gasteiger partial charge in [0.2, 0.25) is 0 Å². The lowest BCUT2D eigenvalue weighted by molar-refractivity contribution is -0.130. The maximum absolute atomic E-state index is 12.6. The zero-order valence-corrected chi connectivity index (χ0v) is 12.2.